The van der Waals surface area contributed by atoms with E-state index in [1.54, 1.807) is 23.5 Å². The van der Waals surface area contributed by atoms with E-state index in [0.717, 1.165) is 34.5 Å². The van der Waals surface area contributed by atoms with E-state index >= 15 is 0 Å². The Labute approximate surface area is 163 Å². The maximum Gasteiger partial charge on any atom is 0.292 e. The maximum atomic E-state index is 12.3. The smallest absolute Gasteiger partial charge is 0.292 e. The zero-order valence-electron chi connectivity index (χ0n) is 14.3. The van der Waals surface area contributed by atoms with Gasteiger partial charge in [0.05, 0.1) is 10.7 Å². The van der Waals surface area contributed by atoms with Crippen LogP contribution < -0.4 is 5.32 Å². The molecular weight excluding hydrogens is 384 g/mol. The number of amides is 1. The van der Waals surface area contributed by atoms with E-state index in [2.05, 4.69) is 15.3 Å². The summed E-state index contributed by atoms with van der Waals surface area (Å²) in [5, 5.41) is 15.6. The lowest BCUT2D eigenvalue weighted by Crippen LogP contribution is -2.15. The van der Waals surface area contributed by atoms with E-state index in [0.29, 0.717) is 0 Å². The minimum absolute atomic E-state index is 0.118. The quantitative estimate of drug-likeness (QED) is 0.298. The van der Waals surface area contributed by atoms with E-state index in [9.17, 15) is 14.9 Å². The Hall–Kier alpha value is -2.52. The van der Waals surface area contributed by atoms with Gasteiger partial charge in [0.1, 0.15) is 21.9 Å². The molecule has 0 saturated carbocycles. The first-order valence-corrected chi connectivity index (χ1v) is 10.3. The van der Waals surface area contributed by atoms with Gasteiger partial charge >= 0.3 is 0 Å². The largest absolute Gasteiger partial charge is 0.320 e. The summed E-state index contributed by atoms with van der Waals surface area (Å²) in [6.07, 6.45) is 6.01. The van der Waals surface area contributed by atoms with Gasteiger partial charge in [-0.05, 0) is 37.3 Å². The van der Waals surface area contributed by atoms with Crippen LogP contribution in [0.5, 0.6) is 0 Å². The van der Waals surface area contributed by atoms with Crippen molar-refractivity contribution in [3.8, 4) is 0 Å². The number of carbonyl (C=O) groups is 1. The molecule has 9 heteroatoms. The molecule has 0 fully saturated rings. The van der Waals surface area contributed by atoms with Gasteiger partial charge in [-0.25, -0.2) is 9.97 Å². The summed E-state index contributed by atoms with van der Waals surface area (Å²) in [7, 11) is 0. The first kappa shape index (κ1) is 17.9. The van der Waals surface area contributed by atoms with Gasteiger partial charge in [-0.3, -0.25) is 14.9 Å². The molecule has 1 amide bonds. The fourth-order valence-corrected chi connectivity index (χ4v) is 5.35. The average Bonchev–Trinajstić information content (AvgIpc) is 3.06. The zero-order valence-corrected chi connectivity index (χ0v) is 15.9. The Morgan fingerprint density at radius 1 is 1.26 bits per heavy atom. The van der Waals surface area contributed by atoms with Crippen LogP contribution in [0.2, 0.25) is 0 Å². The third-order valence-corrected chi connectivity index (χ3v) is 6.62. The lowest BCUT2D eigenvalue weighted by atomic mass is 9.97. The first-order chi connectivity index (χ1) is 13.1. The Morgan fingerprint density at radius 3 is 2.93 bits per heavy atom. The van der Waals surface area contributed by atoms with Gasteiger partial charge in [0.15, 0.2) is 0 Å². The number of hydrogen-bond donors (Lipinski definition) is 1. The summed E-state index contributed by atoms with van der Waals surface area (Å²) in [6.45, 7) is 0. The third-order valence-electron chi connectivity index (χ3n) is 4.43. The van der Waals surface area contributed by atoms with E-state index in [1.807, 2.05) is 0 Å². The normalized spacial score (nSPS) is 13.3. The van der Waals surface area contributed by atoms with Crippen molar-refractivity contribution in [2.75, 3.05) is 11.1 Å². The first-order valence-electron chi connectivity index (χ1n) is 8.55. The number of nitrogens with one attached hydrogen (secondary N) is 1. The van der Waals surface area contributed by atoms with Crippen LogP contribution in [0.1, 0.15) is 23.3 Å². The SMILES string of the molecule is O=C(CSc1ncnc2sc3c(c12)CCCC3)Nc1ccccc1[N+](=O)[O-]. The number of aryl methyl sites for hydroxylation is 2. The number of para-hydroxylation sites is 2. The summed E-state index contributed by atoms with van der Waals surface area (Å²) in [5.41, 5.74) is 1.41. The highest BCUT2D eigenvalue weighted by atomic mass is 32.2. The number of carbonyl (C=O) groups excluding carboxylic acids is 1. The lowest BCUT2D eigenvalue weighted by molar-refractivity contribution is -0.383. The molecule has 0 aliphatic heterocycles. The summed E-state index contributed by atoms with van der Waals surface area (Å²) < 4.78 is 0. The monoisotopic (exact) mass is 400 g/mol. The van der Waals surface area contributed by atoms with Crippen LogP contribution in [0.4, 0.5) is 11.4 Å². The highest BCUT2D eigenvalue weighted by Crippen LogP contribution is 2.39. The Balaban J connectivity index is 1.52. The fourth-order valence-electron chi connectivity index (χ4n) is 3.23. The molecule has 0 unspecified atom stereocenters. The van der Waals surface area contributed by atoms with E-state index in [-0.39, 0.29) is 23.0 Å². The van der Waals surface area contributed by atoms with Gasteiger partial charge in [-0.15, -0.1) is 11.3 Å². The van der Waals surface area contributed by atoms with Gasteiger partial charge in [0.25, 0.3) is 5.69 Å². The number of nitro benzene ring substituents is 1. The number of anilines is 1. The molecule has 0 spiro atoms. The Bertz CT molecular complexity index is 1030. The molecule has 4 rings (SSSR count). The van der Waals surface area contributed by atoms with Crippen LogP contribution in [0.15, 0.2) is 35.6 Å². The van der Waals surface area contributed by atoms with Crippen molar-refractivity contribution in [3.63, 3.8) is 0 Å². The predicted molar refractivity (Wildman–Crippen MR) is 107 cm³/mol. The van der Waals surface area contributed by atoms with Crippen LogP contribution in [0, 0.1) is 10.1 Å². The highest BCUT2D eigenvalue weighted by Gasteiger charge is 2.21. The summed E-state index contributed by atoms with van der Waals surface area (Å²) in [5.74, 6) is -0.173. The highest BCUT2D eigenvalue weighted by molar-refractivity contribution is 8.00. The summed E-state index contributed by atoms with van der Waals surface area (Å²) in [4.78, 5) is 34.0. The van der Waals surface area contributed by atoms with Gasteiger partial charge in [-0.1, -0.05) is 23.9 Å². The second-order valence-electron chi connectivity index (χ2n) is 6.18. The second kappa shape index (κ2) is 7.61. The number of aromatic nitrogens is 2. The minimum atomic E-state index is -0.506. The topological polar surface area (TPSA) is 98.0 Å². The lowest BCUT2D eigenvalue weighted by Gasteiger charge is -2.11. The number of nitro groups is 1. The standard InChI is InChI=1S/C18H16N4O3S2/c23-15(21-12-6-2-3-7-13(12)22(24)25)9-26-17-16-11-5-1-4-8-14(11)27-18(16)20-10-19-17/h2-3,6-7,10H,1,4-5,8-9H2,(H,21,23). The molecule has 27 heavy (non-hydrogen) atoms. The number of thiophene rings is 1. The second-order valence-corrected chi connectivity index (χ2v) is 8.23. The molecule has 3 aromatic rings. The number of nitrogens with zero attached hydrogens (tertiary/aromatic N) is 3. The van der Waals surface area contributed by atoms with E-state index < -0.39 is 4.92 Å². The molecule has 7 nitrogen and oxygen atoms in total. The molecule has 2 aromatic heterocycles. The zero-order chi connectivity index (χ0) is 18.8. The van der Waals surface area contributed by atoms with Gasteiger partial charge in [0.2, 0.25) is 5.91 Å². The molecule has 0 bridgehead atoms. The van der Waals surface area contributed by atoms with Crippen molar-refractivity contribution in [2.45, 2.75) is 30.7 Å². The van der Waals surface area contributed by atoms with Crippen LogP contribution in [-0.4, -0.2) is 26.6 Å². The van der Waals surface area contributed by atoms with Gasteiger partial charge in [-0.2, -0.15) is 0 Å². The number of rotatable bonds is 5. The third kappa shape index (κ3) is 3.65. The Morgan fingerprint density at radius 2 is 2.07 bits per heavy atom. The fraction of sp³-hybridized carbons (Fsp3) is 0.278. The van der Waals surface area contributed by atoms with E-state index in [4.69, 9.17) is 0 Å². The number of hydrogen-bond acceptors (Lipinski definition) is 7. The summed E-state index contributed by atoms with van der Waals surface area (Å²) in [6, 6.07) is 6.12. The van der Waals surface area contributed by atoms with Crippen molar-refractivity contribution in [2.24, 2.45) is 0 Å². The molecule has 1 N–H and O–H groups in total. The average molecular weight is 400 g/mol. The van der Waals surface area contributed by atoms with Crippen LogP contribution in [0.3, 0.4) is 0 Å². The van der Waals surface area contributed by atoms with Crippen LogP contribution >= 0.6 is 23.1 Å². The molecule has 1 aromatic carbocycles. The minimum Gasteiger partial charge on any atom is -0.320 e. The molecular formula is C18H16N4O3S2. The predicted octanol–water partition coefficient (Wildman–Crippen LogP) is 4.21. The summed E-state index contributed by atoms with van der Waals surface area (Å²) >= 11 is 3.06. The van der Waals surface area contributed by atoms with Gasteiger partial charge in [0, 0.05) is 16.3 Å². The molecule has 0 radical (unpaired) electrons. The van der Waals surface area contributed by atoms with Crippen molar-refractivity contribution in [1.82, 2.24) is 9.97 Å². The molecule has 1 aliphatic carbocycles. The molecule has 1 aliphatic rings. The molecule has 0 atom stereocenters. The Kier molecular flexibility index (Phi) is 5.04. The van der Waals surface area contributed by atoms with Crippen molar-refractivity contribution in [1.29, 1.82) is 0 Å². The van der Waals surface area contributed by atoms with Crippen molar-refractivity contribution >= 4 is 50.6 Å². The van der Waals surface area contributed by atoms with Gasteiger partial charge < -0.3 is 5.32 Å². The number of benzene rings is 1. The van der Waals surface area contributed by atoms with Crippen LogP contribution in [-0.2, 0) is 17.6 Å². The van der Waals surface area contributed by atoms with E-state index in [1.165, 1.54) is 47.1 Å². The molecule has 0 saturated heterocycles. The number of fused-ring (bicyclic) bond motifs is 3. The van der Waals surface area contributed by atoms with Crippen molar-refractivity contribution in [3.05, 3.63) is 51.1 Å². The molecule has 2 heterocycles. The molecule has 138 valence electrons. The van der Waals surface area contributed by atoms with Crippen molar-refractivity contribution < 1.29 is 9.72 Å². The maximum absolute atomic E-state index is 12.3. The number of thioether (sulfide) groups is 1. The van der Waals surface area contributed by atoms with Crippen LogP contribution in [0.25, 0.3) is 10.2 Å².